The smallest absolute Gasteiger partial charge is 0.407 e. The van der Waals surface area contributed by atoms with Crippen LogP contribution in [0, 0.1) is 0 Å². The number of carbonyl (C=O) groups is 1. The first-order valence-electron chi connectivity index (χ1n) is 4.79. The van der Waals surface area contributed by atoms with Crippen LogP contribution in [-0.2, 0) is 9.47 Å². The van der Waals surface area contributed by atoms with Crippen LogP contribution < -0.4 is 5.32 Å². The lowest BCUT2D eigenvalue weighted by atomic mass is 10.4. The van der Waals surface area contributed by atoms with E-state index in [0.29, 0.717) is 19.8 Å². The maximum Gasteiger partial charge on any atom is 0.407 e. The second kappa shape index (κ2) is 9.32. The van der Waals surface area contributed by atoms with Crippen LogP contribution in [0.1, 0.15) is 26.7 Å². The molecule has 0 rings (SSSR count). The highest BCUT2D eigenvalue weighted by Gasteiger charge is 1.97. The van der Waals surface area contributed by atoms with Crippen molar-refractivity contribution in [1.82, 2.24) is 5.32 Å². The van der Waals surface area contributed by atoms with Crippen molar-refractivity contribution in [3.05, 3.63) is 0 Å². The van der Waals surface area contributed by atoms with Gasteiger partial charge in [0.05, 0.1) is 6.61 Å². The SMILES string of the molecule is CCCCOCCOC(=O)NCC. The van der Waals surface area contributed by atoms with Gasteiger partial charge in [0, 0.05) is 13.2 Å². The monoisotopic (exact) mass is 189 g/mol. The largest absolute Gasteiger partial charge is 0.447 e. The number of hydrogen-bond acceptors (Lipinski definition) is 3. The molecule has 0 spiro atoms. The molecule has 1 amide bonds. The summed E-state index contributed by atoms with van der Waals surface area (Å²) in [5, 5.41) is 2.53. The molecule has 0 bridgehead atoms. The number of ether oxygens (including phenoxy) is 2. The number of unbranched alkanes of at least 4 members (excludes halogenated alkanes) is 1. The van der Waals surface area contributed by atoms with E-state index in [0.717, 1.165) is 19.4 Å². The van der Waals surface area contributed by atoms with Crippen molar-refractivity contribution in [1.29, 1.82) is 0 Å². The number of nitrogens with one attached hydrogen (secondary N) is 1. The van der Waals surface area contributed by atoms with Gasteiger partial charge in [-0.2, -0.15) is 0 Å². The summed E-state index contributed by atoms with van der Waals surface area (Å²) < 4.78 is 9.99. The third kappa shape index (κ3) is 9.14. The molecule has 0 fully saturated rings. The molecular weight excluding hydrogens is 170 g/mol. The van der Waals surface area contributed by atoms with Crippen molar-refractivity contribution in [2.24, 2.45) is 0 Å². The molecular formula is C9H19NO3. The molecule has 0 aliphatic carbocycles. The van der Waals surface area contributed by atoms with Crippen LogP contribution in [-0.4, -0.2) is 32.5 Å². The summed E-state index contributed by atoms with van der Waals surface area (Å²) in [7, 11) is 0. The Morgan fingerprint density at radius 1 is 1.23 bits per heavy atom. The van der Waals surface area contributed by atoms with Gasteiger partial charge < -0.3 is 14.8 Å². The summed E-state index contributed by atoms with van der Waals surface area (Å²) in [6.07, 6.45) is 1.81. The van der Waals surface area contributed by atoms with Crippen LogP contribution in [0.15, 0.2) is 0 Å². The lowest BCUT2D eigenvalue weighted by Crippen LogP contribution is -2.25. The number of carbonyl (C=O) groups excluding carboxylic acids is 1. The van der Waals surface area contributed by atoms with Gasteiger partial charge in [-0.1, -0.05) is 13.3 Å². The molecule has 0 atom stereocenters. The Bertz CT molecular complexity index is 128. The summed E-state index contributed by atoms with van der Waals surface area (Å²) in [5.74, 6) is 0. The first-order valence-corrected chi connectivity index (χ1v) is 4.79. The van der Waals surface area contributed by atoms with Crippen LogP contribution in [0.5, 0.6) is 0 Å². The quantitative estimate of drug-likeness (QED) is 0.618. The zero-order valence-electron chi connectivity index (χ0n) is 8.47. The molecule has 13 heavy (non-hydrogen) atoms. The number of alkyl carbamates (subject to hydrolysis) is 1. The van der Waals surface area contributed by atoms with Crippen LogP contribution in [0.4, 0.5) is 4.79 Å². The normalized spacial score (nSPS) is 9.69. The van der Waals surface area contributed by atoms with E-state index in [1.54, 1.807) is 0 Å². The zero-order chi connectivity index (χ0) is 9.94. The fourth-order valence-electron chi connectivity index (χ4n) is 0.737. The first-order chi connectivity index (χ1) is 6.31. The molecule has 78 valence electrons. The van der Waals surface area contributed by atoms with Gasteiger partial charge in [0.15, 0.2) is 0 Å². The highest BCUT2D eigenvalue weighted by Crippen LogP contribution is 1.87. The van der Waals surface area contributed by atoms with Crippen molar-refractivity contribution in [3.63, 3.8) is 0 Å². The zero-order valence-corrected chi connectivity index (χ0v) is 8.47. The average molecular weight is 189 g/mol. The average Bonchev–Trinajstić information content (AvgIpc) is 2.11. The second-order valence-corrected chi connectivity index (χ2v) is 2.63. The second-order valence-electron chi connectivity index (χ2n) is 2.63. The fourth-order valence-corrected chi connectivity index (χ4v) is 0.737. The van der Waals surface area contributed by atoms with Crippen molar-refractivity contribution in [3.8, 4) is 0 Å². The predicted octanol–water partition coefficient (Wildman–Crippen LogP) is 1.55. The van der Waals surface area contributed by atoms with Crippen LogP contribution in [0.25, 0.3) is 0 Å². The standard InChI is InChI=1S/C9H19NO3/c1-3-5-6-12-7-8-13-9(11)10-4-2/h3-8H2,1-2H3,(H,10,11). The van der Waals surface area contributed by atoms with Gasteiger partial charge in [-0.3, -0.25) is 0 Å². The third-order valence-corrected chi connectivity index (χ3v) is 1.42. The number of hydrogen-bond donors (Lipinski definition) is 1. The molecule has 0 radical (unpaired) electrons. The van der Waals surface area contributed by atoms with Gasteiger partial charge >= 0.3 is 6.09 Å². The number of amides is 1. The first kappa shape index (κ1) is 12.2. The van der Waals surface area contributed by atoms with E-state index in [4.69, 9.17) is 9.47 Å². The maximum atomic E-state index is 10.7. The van der Waals surface area contributed by atoms with Crippen molar-refractivity contribution in [2.75, 3.05) is 26.4 Å². The van der Waals surface area contributed by atoms with E-state index >= 15 is 0 Å². The highest BCUT2D eigenvalue weighted by atomic mass is 16.6. The Labute approximate surface area is 79.6 Å². The number of rotatable bonds is 7. The minimum absolute atomic E-state index is 0.329. The molecule has 0 aliphatic rings. The minimum Gasteiger partial charge on any atom is -0.447 e. The van der Waals surface area contributed by atoms with Gasteiger partial charge in [0.2, 0.25) is 0 Å². The summed E-state index contributed by atoms with van der Waals surface area (Å²) in [6, 6.07) is 0. The Balaban J connectivity index is 3.02. The third-order valence-electron chi connectivity index (χ3n) is 1.42. The maximum absolute atomic E-state index is 10.7. The predicted molar refractivity (Wildman–Crippen MR) is 50.8 cm³/mol. The van der Waals surface area contributed by atoms with Crippen LogP contribution >= 0.6 is 0 Å². The molecule has 4 nitrogen and oxygen atoms in total. The van der Waals surface area contributed by atoms with E-state index in [9.17, 15) is 4.79 Å². The molecule has 0 heterocycles. The Kier molecular flexibility index (Phi) is 8.77. The van der Waals surface area contributed by atoms with Gasteiger partial charge in [-0.25, -0.2) is 4.79 Å². The van der Waals surface area contributed by atoms with Gasteiger partial charge in [0.1, 0.15) is 6.61 Å². The van der Waals surface area contributed by atoms with E-state index < -0.39 is 0 Å². The Morgan fingerprint density at radius 2 is 2.00 bits per heavy atom. The van der Waals surface area contributed by atoms with E-state index in [-0.39, 0.29) is 6.09 Å². The van der Waals surface area contributed by atoms with Crippen LogP contribution in [0.2, 0.25) is 0 Å². The molecule has 0 unspecified atom stereocenters. The van der Waals surface area contributed by atoms with Gasteiger partial charge in [-0.15, -0.1) is 0 Å². The summed E-state index contributed by atoms with van der Waals surface area (Å²) >= 11 is 0. The highest BCUT2D eigenvalue weighted by molar-refractivity contribution is 5.66. The molecule has 1 N–H and O–H groups in total. The van der Waals surface area contributed by atoms with Crippen molar-refractivity contribution in [2.45, 2.75) is 26.7 Å². The van der Waals surface area contributed by atoms with E-state index in [1.165, 1.54) is 0 Å². The molecule has 0 saturated heterocycles. The van der Waals surface area contributed by atoms with Gasteiger partial charge in [0.25, 0.3) is 0 Å². The van der Waals surface area contributed by atoms with E-state index in [1.807, 2.05) is 6.92 Å². The lowest BCUT2D eigenvalue weighted by Gasteiger charge is -2.05. The molecule has 0 aromatic rings. The molecule has 0 aromatic heterocycles. The Hall–Kier alpha value is -0.770. The molecule has 0 aromatic carbocycles. The van der Waals surface area contributed by atoms with Crippen molar-refractivity contribution >= 4 is 6.09 Å². The van der Waals surface area contributed by atoms with Crippen molar-refractivity contribution < 1.29 is 14.3 Å². The molecule has 0 aliphatic heterocycles. The lowest BCUT2D eigenvalue weighted by molar-refractivity contribution is 0.0717. The van der Waals surface area contributed by atoms with Gasteiger partial charge in [-0.05, 0) is 13.3 Å². The fraction of sp³-hybridized carbons (Fsp3) is 0.889. The minimum atomic E-state index is -0.374. The summed E-state index contributed by atoms with van der Waals surface area (Å²) in [4.78, 5) is 10.7. The molecule has 0 saturated carbocycles. The summed E-state index contributed by atoms with van der Waals surface area (Å²) in [5.41, 5.74) is 0. The van der Waals surface area contributed by atoms with Crippen LogP contribution in [0.3, 0.4) is 0 Å². The summed E-state index contributed by atoms with van der Waals surface area (Å²) in [6.45, 7) is 6.10. The van der Waals surface area contributed by atoms with E-state index in [2.05, 4.69) is 12.2 Å². The Morgan fingerprint density at radius 3 is 2.62 bits per heavy atom. The molecule has 4 heteroatoms. The topological polar surface area (TPSA) is 47.6 Å².